The van der Waals surface area contributed by atoms with E-state index in [1.165, 1.54) is 30.2 Å². The summed E-state index contributed by atoms with van der Waals surface area (Å²) in [6, 6.07) is 10.2. The number of rotatable bonds is 1. The molecule has 0 amide bonds. The van der Waals surface area contributed by atoms with Crippen molar-refractivity contribution in [3.05, 3.63) is 46.2 Å². The number of hydrogen-bond donors (Lipinski definition) is 1. The Kier molecular flexibility index (Phi) is 3.23. The van der Waals surface area contributed by atoms with Crippen LogP contribution < -0.4 is 10.5 Å². The first kappa shape index (κ1) is 14.8. The Labute approximate surface area is 146 Å². The summed E-state index contributed by atoms with van der Waals surface area (Å²) in [5.74, 6) is 1.62. The molecular formula is C20H22N4O. The van der Waals surface area contributed by atoms with Gasteiger partial charge in [-0.05, 0) is 44.2 Å². The summed E-state index contributed by atoms with van der Waals surface area (Å²) in [6.07, 6.45) is 4.48. The molecule has 0 radical (unpaired) electrons. The van der Waals surface area contributed by atoms with Crippen molar-refractivity contribution in [1.82, 2.24) is 14.5 Å². The second kappa shape index (κ2) is 5.48. The summed E-state index contributed by atoms with van der Waals surface area (Å²) in [7, 11) is 0. The van der Waals surface area contributed by atoms with Gasteiger partial charge in [-0.2, -0.15) is 0 Å². The minimum absolute atomic E-state index is 0.0578. The van der Waals surface area contributed by atoms with Gasteiger partial charge in [0.2, 0.25) is 0 Å². The first-order valence-corrected chi connectivity index (χ1v) is 9.21. The summed E-state index contributed by atoms with van der Waals surface area (Å²) in [5, 5.41) is 1.24. The van der Waals surface area contributed by atoms with Gasteiger partial charge in [-0.25, -0.2) is 4.98 Å². The van der Waals surface area contributed by atoms with Gasteiger partial charge < -0.3 is 9.88 Å². The average molecular weight is 334 g/mol. The molecule has 128 valence electrons. The number of aromatic nitrogens is 3. The van der Waals surface area contributed by atoms with Crippen LogP contribution in [-0.2, 0) is 6.42 Å². The third-order valence-corrected chi connectivity index (χ3v) is 5.60. The number of benzene rings is 1. The van der Waals surface area contributed by atoms with Crippen molar-refractivity contribution < 1.29 is 0 Å². The molecule has 0 bridgehead atoms. The molecule has 0 spiro atoms. The van der Waals surface area contributed by atoms with Crippen LogP contribution in [-0.4, -0.2) is 27.6 Å². The largest absolute Gasteiger partial charge is 0.356 e. The normalized spacial score (nSPS) is 19.7. The van der Waals surface area contributed by atoms with Crippen LogP contribution in [0.3, 0.4) is 0 Å². The Hall–Kier alpha value is -2.56. The summed E-state index contributed by atoms with van der Waals surface area (Å²) in [4.78, 5) is 23.6. The van der Waals surface area contributed by atoms with Crippen molar-refractivity contribution in [2.24, 2.45) is 0 Å². The summed E-state index contributed by atoms with van der Waals surface area (Å²) in [5.41, 5.74) is 3.47. The van der Waals surface area contributed by atoms with E-state index in [1.807, 2.05) is 10.6 Å². The third kappa shape index (κ3) is 2.22. The van der Waals surface area contributed by atoms with E-state index in [4.69, 9.17) is 4.98 Å². The Morgan fingerprint density at radius 3 is 2.80 bits per heavy atom. The topological polar surface area (TPSA) is 53.9 Å². The van der Waals surface area contributed by atoms with Crippen molar-refractivity contribution >= 4 is 16.7 Å². The molecule has 1 N–H and O–H groups in total. The van der Waals surface area contributed by atoms with Crippen LogP contribution in [0.4, 0.5) is 5.82 Å². The van der Waals surface area contributed by atoms with Gasteiger partial charge in [-0.3, -0.25) is 9.36 Å². The lowest BCUT2D eigenvalue weighted by Crippen LogP contribution is -2.35. The predicted octanol–water partition coefficient (Wildman–Crippen LogP) is 3.50. The maximum atomic E-state index is 12.8. The number of para-hydroxylation sites is 1. The number of aromatic amines is 1. The van der Waals surface area contributed by atoms with Crippen LogP contribution >= 0.6 is 0 Å². The van der Waals surface area contributed by atoms with Gasteiger partial charge in [0.05, 0.1) is 5.69 Å². The fourth-order valence-corrected chi connectivity index (χ4v) is 4.36. The minimum Gasteiger partial charge on any atom is -0.356 e. The Morgan fingerprint density at radius 2 is 1.96 bits per heavy atom. The van der Waals surface area contributed by atoms with Gasteiger partial charge in [0.15, 0.2) is 5.82 Å². The van der Waals surface area contributed by atoms with Crippen molar-refractivity contribution in [3.8, 4) is 11.5 Å². The highest BCUT2D eigenvalue weighted by molar-refractivity contribution is 5.90. The number of nitrogens with one attached hydrogen (secondary N) is 1. The van der Waals surface area contributed by atoms with Gasteiger partial charge in [0, 0.05) is 36.1 Å². The van der Waals surface area contributed by atoms with Crippen LogP contribution in [0.2, 0.25) is 0 Å². The predicted molar refractivity (Wildman–Crippen MR) is 100 cm³/mol. The van der Waals surface area contributed by atoms with E-state index >= 15 is 0 Å². The zero-order chi connectivity index (χ0) is 17.0. The summed E-state index contributed by atoms with van der Waals surface area (Å²) < 4.78 is 1.85. The highest BCUT2D eigenvalue weighted by Gasteiger charge is 2.28. The van der Waals surface area contributed by atoms with E-state index in [0.29, 0.717) is 0 Å². The van der Waals surface area contributed by atoms with E-state index < -0.39 is 0 Å². The van der Waals surface area contributed by atoms with Crippen LogP contribution in [0.5, 0.6) is 0 Å². The molecular weight excluding hydrogens is 312 g/mol. The van der Waals surface area contributed by atoms with E-state index in [9.17, 15) is 4.79 Å². The summed E-state index contributed by atoms with van der Waals surface area (Å²) >= 11 is 0. The maximum Gasteiger partial charge on any atom is 0.256 e. The lowest BCUT2D eigenvalue weighted by Gasteiger charge is -2.30. The molecule has 1 fully saturated rings. The number of hydrogen-bond acceptors (Lipinski definition) is 3. The molecule has 1 saturated heterocycles. The van der Waals surface area contributed by atoms with E-state index in [2.05, 4.69) is 35.0 Å². The van der Waals surface area contributed by atoms with Crippen molar-refractivity contribution in [2.75, 3.05) is 18.0 Å². The lowest BCUT2D eigenvalue weighted by atomic mass is 9.99. The van der Waals surface area contributed by atoms with Crippen molar-refractivity contribution in [2.45, 2.75) is 38.6 Å². The molecule has 5 heteroatoms. The number of anilines is 1. The van der Waals surface area contributed by atoms with E-state index in [0.717, 1.165) is 42.4 Å². The standard InChI is InChI=1S/C20H22N4O/c1-13-11-15-14-7-3-4-8-16(14)21-19(15)20-22-17(12-18(25)24(13)20)23-9-5-2-6-10-23/h3-4,7-8,12-13,21H,2,5-6,9-11H2,1H3. The molecule has 2 aliphatic heterocycles. The van der Waals surface area contributed by atoms with Gasteiger partial charge in [-0.1, -0.05) is 18.2 Å². The highest BCUT2D eigenvalue weighted by Crippen LogP contribution is 2.37. The Morgan fingerprint density at radius 1 is 1.16 bits per heavy atom. The van der Waals surface area contributed by atoms with Gasteiger partial charge in [0.25, 0.3) is 5.56 Å². The van der Waals surface area contributed by atoms with Crippen LogP contribution in [0.25, 0.3) is 22.4 Å². The van der Waals surface area contributed by atoms with Gasteiger partial charge >= 0.3 is 0 Å². The molecule has 5 rings (SSSR count). The molecule has 0 aliphatic carbocycles. The third-order valence-electron chi connectivity index (χ3n) is 5.60. The van der Waals surface area contributed by atoms with E-state index in [-0.39, 0.29) is 11.6 Å². The number of H-pyrrole nitrogens is 1. The molecule has 4 heterocycles. The van der Waals surface area contributed by atoms with Crippen LogP contribution in [0.1, 0.15) is 37.8 Å². The molecule has 1 atom stereocenters. The Bertz CT molecular complexity index is 1010. The molecule has 1 unspecified atom stereocenters. The second-order valence-corrected chi connectivity index (χ2v) is 7.27. The zero-order valence-corrected chi connectivity index (χ0v) is 14.5. The average Bonchev–Trinajstić information content (AvgIpc) is 3.01. The second-order valence-electron chi connectivity index (χ2n) is 7.27. The van der Waals surface area contributed by atoms with Crippen LogP contribution in [0.15, 0.2) is 35.1 Å². The molecule has 3 aromatic rings. The Balaban J connectivity index is 1.73. The van der Waals surface area contributed by atoms with Gasteiger partial charge in [0.1, 0.15) is 5.82 Å². The lowest BCUT2D eigenvalue weighted by molar-refractivity contribution is 0.509. The van der Waals surface area contributed by atoms with Crippen molar-refractivity contribution in [3.63, 3.8) is 0 Å². The summed E-state index contributed by atoms with van der Waals surface area (Å²) in [6.45, 7) is 4.09. The highest BCUT2D eigenvalue weighted by atomic mass is 16.1. The minimum atomic E-state index is 0.0578. The fraction of sp³-hybridized carbons (Fsp3) is 0.400. The molecule has 25 heavy (non-hydrogen) atoms. The SMILES string of the molecule is CC1Cc2c([nH]c3ccccc23)-c2nc(N3CCCCC3)cc(=O)n21. The molecule has 0 saturated carbocycles. The monoisotopic (exact) mass is 334 g/mol. The van der Waals surface area contributed by atoms with Gasteiger partial charge in [-0.15, -0.1) is 0 Å². The molecule has 2 aliphatic rings. The molecule has 5 nitrogen and oxygen atoms in total. The fourth-order valence-electron chi connectivity index (χ4n) is 4.36. The first-order chi connectivity index (χ1) is 12.2. The zero-order valence-electron chi connectivity index (χ0n) is 14.5. The quantitative estimate of drug-likeness (QED) is 0.741. The molecule has 1 aromatic carbocycles. The smallest absolute Gasteiger partial charge is 0.256 e. The number of nitrogens with zero attached hydrogens (tertiary/aromatic N) is 3. The van der Waals surface area contributed by atoms with Crippen molar-refractivity contribution in [1.29, 1.82) is 0 Å². The van der Waals surface area contributed by atoms with Crippen LogP contribution in [0, 0.1) is 0 Å². The molecule has 2 aromatic heterocycles. The maximum absolute atomic E-state index is 12.8. The number of fused-ring (bicyclic) bond motifs is 5. The van der Waals surface area contributed by atoms with E-state index in [1.54, 1.807) is 6.07 Å². The number of piperidine rings is 1. The first-order valence-electron chi connectivity index (χ1n) is 9.21.